The maximum absolute atomic E-state index is 12.3. The van der Waals surface area contributed by atoms with Crippen molar-refractivity contribution < 1.29 is 4.39 Å². The third kappa shape index (κ3) is 2.33. The second-order valence-electron chi connectivity index (χ2n) is 3.09. The molecule has 2 nitrogen and oxygen atoms in total. The van der Waals surface area contributed by atoms with E-state index in [2.05, 4.69) is 4.72 Å². The Labute approximate surface area is 102 Å². The molecule has 1 heterocycles. The van der Waals surface area contributed by atoms with Crippen molar-refractivity contribution in [1.29, 1.82) is 0 Å². The molecule has 0 fully saturated rings. The maximum Gasteiger partial charge on any atom is 0.107 e. The van der Waals surface area contributed by atoms with E-state index in [-0.39, 0.29) is 0 Å². The van der Waals surface area contributed by atoms with Gasteiger partial charge in [0, 0.05) is 11.6 Å². The van der Waals surface area contributed by atoms with Crippen LogP contribution in [0.25, 0.3) is 0 Å². The highest BCUT2D eigenvalue weighted by Gasteiger charge is 2.20. The van der Waals surface area contributed by atoms with E-state index < -0.39 is 6.67 Å². The number of nitrogens with zero attached hydrogens (tertiary/aromatic N) is 1. The molecule has 0 atom stereocenters. The van der Waals surface area contributed by atoms with Crippen molar-refractivity contribution in [2.75, 3.05) is 24.8 Å². The number of rotatable bonds is 2. The number of halogens is 3. The summed E-state index contributed by atoms with van der Waals surface area (Å²) in [5.41, 5.74) is 0.897. The van der Waals surface area contributed by atoms with Gasteiger partial charge >= 0.3 is 0 Å². The molecule has 1 aromatic rings. The van der Waals surface area contributed by atoms with Gasteiger partial charge in [-0.3, -0.25) is 0 Å². The number of hydrogen-bond donors (Lipinski definition) is 1. The van der Waals surface area contributed by atoms with E-state index in [0.29, 0.717) is 23.3 Å². The van der Waals surface area contributed by atoms with Crippen molar-refractivity contribution in [2.24, 2.45) is 0 Å². The minimum Gasteiger partial charge on any atom is -0.354 e. The van der Waals surface area contributed by atoms with Gasteiger partial charge in [-0.15, -0.1) is 0 Å². The Bertz CT molecular complexity index is 375. The van der Waals surface area contributed by atoms with E-state index in [4.69, 9.17) is 23.2 Å². The first-order valence-corrected chi connectivity index (χ1v) is 5.99. The van der Waals surface area contributed by atoms with Gasteiger partial charge in [-0.25, -0.2) is 9.11 Å². The van der Waals surface area contributed by atoms with E-state index in [9.17, 15) is 4.39 Å². The molecule has 1 aliphatic rings. The molecule has 0 radical (unpaired) electrons. The molecule has 0 saturated heterocycles. The molecular formula is C9H9Cl2FN2S. The summed E-state index contributed by atoms with van der Waals surface area (Å²) < 4.78 is 15.4. The number of benzene rings is 1. The van der Waals surface area contributed by atoms with E-state index in [0.717, 1.165) is 10.6 Å². The first-order chi connectivity index (χ1) is 7.22. The van der Waals surface area contributed by atoms with Gasteiger partial charge in [-0.05, 0) is 24.1 Å². The molecule has 0 aromatic heterocycles. The fourth-order valence-corrected chi connectivity index (χ4v) is 2.86. The summed E-state index contributed by atoms with van der Waals surface area (Å²) >= 11 is 13.4. The van der Waals surface area contributed by atoms with E-state index >= 15 is 0 Å². The van der Waals surface area contributed by atoms with Crippen LogP contribution in [-0.2, 0) is 0 Å². The fourth-order valence-electron chi connectivity index (χ4n) is 1.45. The van der Waals surface area contributed by atoms with Crippen molar-refractivity contribution >= 4 is 40.8 Å². The second kappa shape index (κ2) is 4.78. The summed E-state index contributed by atoms with van der Waals surface area (Å²) in [7, 11) is 0. The summed E-state index contributed by atoms with van der Waals surface area (Å²) in [5, 5.41) is 1.17. The molecule has 6 heteroatoms. The fraction of sp³-hybridized carbons (Fsp3) is 0.333. The average Bonchev–Trinajstić information content (AvgIpc) is 2.19. The largest absolute Gasteiger partial charge is 0.354 e. The third-order valence-corrected chi connectivity index (χ3v) is 3.65. The van der Waals surface area contributed by atoms with E-state index in [1.165, 1.54) is 11.9 Å². The molecule has 0 saturated carbocycles. The standard InChI is InChI=1S/C9H9Cl2FN2S/c10-6-3-7(11)9-8(4-6)14(2-1-12)5-13-15-9/h3-4,13H,1-2,5H2. The lowest BCUT2D eigenvalue weighted by atomic mass is 10.3. The monoisotopic (exact) mass is 266 g/mol. The molecule has 0 amide bonds. The number of nitrogens with one attached hydrogen (secondary N) is 1. The van der Waals surface area contributed by atoms with Crippen LogP contribution in [-0.4, -0.2) is 19.9 Å². The minimum atomic E-state index is -0.393. The molecule has 2 rings (SSSR count). The number of fused-ring (bicyclic) bond motifs is 1. The zero-order chi connectivity index (χ0) is 10.8. The first kappa shape index (κ1) is 11.3. The predicted molar refractivity (Wildman–Crippen MR) is 63.6 cm³/mol. The molecule has 0 aliphatic carbocycles. The van der Waals surface area contributed by atoms with Crippen LogP contribution in [0.4, 0.5) is 10.1 Å². The SMILES string of the molecule is FCCN1CNSc2c(Cl)cc(Cl)cc21. The zero-order valence-electron chi connectivity index (χ0n) is 7.77. The van der Waals surface area contributed by atoms with Gasteiger partial charge in [0.05, 0.1) is 22.3 Å². The van der Waals surface area contributed by atoms with E-state index in [1.54, 1.807) is 6.07 Å². The van der Waals surface area contributed by atoms with Crippen LogP contribution in [0.5, 0.6) is 0 Å². The third-order valence-electron chi connectivity index (χ3n) is 2.11. The summed E-state index contributed by atoms with van der Waals surface area (Å²) in [4.78, 5) is 2.78. The van der Waals surface area contributed by atoms with Crippen LogP contribution < -0.4 is 9.62 Å². The van der Waals surface area contributed by atoms with Gasteiger partial charge in [0.1, 0.15) is 6.67 Å². The molecule has 0 spiro atoms. The van der Waals surface area contributed by atoms with Gasteiger partial charge in [-0.1, -0.05) is 23.2 Å². The van der Waals surface area contributed by atoms with Crippen LogP contribution in [0.2, 0.25) is 10.0 Å². The summed E-state index contributed by atoms with van der Waals surface area (Å²) in [5.74, 6) is 0. The molecule has 0 bridgehead atoms. The Morgan fingerprint density at radius 1 is 1.47 bits per heavy atom. The Morgan fingerprint density at radius 3 is 3.00 bits per heavy atom. The number of anilines is 1. The van der Waals surface area contributed by atoms with Crippen molar-refractivity contribution in [3.05, 3.63) is 22.2 Å². The maximum atomic E-state index is 12.3. The molecule has 1 aliphatic heterocycles. The molecule has 0 unspecified atom stereocenters. The summed E-state index contributed by atoms with van der Waals surface area (Å²) in [6.45, 7) is 0.547. The van der Waals surface area contributed by atoms with Crippen LogP contribution in [0, 0.1) is 0 Å². The highest BCUT2D eigenvalue weighted by Crippen LogP contribution is 2.39. The Morgan fingerprint density at radius 2 is 2.27 bits per heavy atom. The quantitative estimate of drug-likeness (QED) is 0.827. The summed E-state index contributed by atoms with van der Waals surface area (Å²) in [6.07, 6.45) is 0. The Hall–Kier alpha value is -0.160. The zero-order valence-corrected chi connectivity index (χ0v) is 10.1. The predicted octanol–water partition coefficient (Wildman–Crippen LogP) is 3.34. The Balaban J connectivity index is 2.41. The van der Waals surface area contributed by atoms with Gasteiger partial charge in [-0.2, -0.15) is 0 Å². The molecule has 1 N–H and O–H groups in total. The first-order valence-electron chi connectivity index (χ1n) is 4.42. The summed E-state index contributed by atoms with van der Waals surface area (Å²) in [6, 6.07) is 3.50. The van der Waals surface area contributed by atoms with Crippen LogP contribution in [0.1, 0.15) is 0 Å². The number of hydrogen-bond acceptors (Lipinski definition) is 3. The molecule has 15 heavy (non-hydrogen) atoms. The van der Waals surface area contributed by atoms with Gasteiger partial charge in [0.15, 0.2) is 0 Å². The topological polar surface area (TPSA) is 15.3 Å². The second-order valence-corrected chi connectivity index (χ2v) is 4.84. The highest BCUT2D eigenvalue weighted by atomic mass is 35.5. The highest BCUT2D eigenvalue weighted by molar-refractivity contribution is 7.97. The van der Waals surface area contributed by atoms with E-state index in [1.807, 2.05) is 11.0 Å². The lowest BCUT2D eigenvalue weighted by molar-refractivity contribution is 0.488. The van der Waals surface area contributed by atoms with Crippen molar-refractivity contribution in [3.8, 4) is 0 Å². The van der Waals surface area contributed by atoms with Crippen LogP contribution in [0.3, 0.4) is 0 Å². The van der Waals surface area contributed by atoms with Crippen molar-refractivity contribution in [3.63, 3.8) is 0 Å². The smallest absolute Gasteiger partial charge is 0.107 e. The van der Waals surface area contributed by atoms with Crippen LogP contribution in [0.15, 0.2) is 17.0 Å². The van der Waals surface area contributed by atoms with Crippen molar-refractivity contribution in [1.82, 2.24) is 4.72 Å². The molecular weight excluding hydrogens is 258 g/mol. The van der Waals surface area contributed by atoms with Gasteiger partial charge in [0.2, 0.25) is 0 Å². The number of alkyl halides is 1. The molecule has 1 aromatic carbocycles. The normalized spacial score (nSPS) is 15.3. The molecule has 82 valence electrons. The Kier molecular flexibility index (Phi) is 3.61. The lowest BCUT2D eigenvalue weighted by Gasteiger charge is -2.30. The van der Waals surface area contributed by atoms with Crippen LogP contribution >= 0.6 is 35.1 Å². The van der Waals surface area contributed by atoms with Gasteiger partial charge < -0.3 is 4.90 Å². The minimum absolute atomic E-state index is 0.344. The van der Waals surface area contributed by atoms with Crippen molar-refractivity contribution in [2.45, 2.75) is 4.90 Å². The average molecular weight is 267 g/mol. The van der Waals surface area contributed by atoms with Gasteiger partial charge in [0.25, 0.3) is 0 Å². The lowest BCUT2D eigenvalue weighted by Crippen LogP contribution is -2.36.